The van der Waals surface area contributed by atoms with Gasteiger partial charge in [-0.15, -0.1) is 0 Å². The van der Waals surface area contributed by atoms with Gasteiger partial charge in [-0.1, -0.05) is 19.7 Å². The van der Waals surface area contributed by atoms with Gasteiger partial charge in [-0.3, -0.25) is 9.78 Å². The van der Waals surface area contributed by atoms with E-state index in [0.29, 0.717) is 26.1 Å². The molecule has 0 saturated heterocycles. The van der Waals surface area contributed by atoms with Crippen LogP contribution in [0.4, 0.5) is 0 Å². The summed E-state index contributed by atoms with van der Waals surface area (Å²) in [6, 6.07) is 0. The topological polar surface area (TPSA) is 136 Å². The van der Waals surface area contributed by atoms with Crippen molar-refractivity contribution in [3.63, 3.8) is 0 Å². The molecule has 33 heavy (non-hydrogen) atoms. The van der Waals surface area contributed by atoms with Crippen LogP contribution in [0.5, 0.6) is 0 Å². The second kappa shape index (κ2) is 17.9. The summed E-state index contributed by atoms with van der Waals surface area (Å²) in [6.45, 7) is 15.0. The molecule has 2 unspecified atom stereocenters. The van der Waals surface area contributed by atoms with Crippen molar-refractivity contribution in [1.82, 2.24) is 0 Å². The molecule has 0 rings (SSSR count). The summed E-state index contributed by atoms with van der Waals surface area (Å²) in [5.74, 6) is -2.07. The summed E-state index contributed by atoms with van der Waals surface area (Å²) in [4.78, 5) is 52.9. The number of hydrogen-bond donors (Lipinski definition) is 1. The Balaban J connectivity index is 4.05. The second-order valence-electron chi connectivity index (χ2n) is 7.19. The van der Waals surface area contributed by atoms with Crippen LogP contribution in [0, 0.1) is 0 Å². The van der Waals surface area contributed by atoms with Crippen LogP contribution in [0.15, 0.2) is 36.5 Å². The summed E-state index contributed by atoms with van der Waals surface area (Å²) in [5.41, 5.74) is 0.549. The average Bonchev–Trinajstić information content (AvgIpc) is 2.76. The van der Waals surface area contributed by atoms with Gasteiger partial charge in [0.25, 0.3) is 0 Å². The third-order valence-electron chi connectivity index (χ3n) is 3.54. The molecule has 11 nitrogen and oxygen atoms in total. The van der Waals surface area contributed by atoms with Crippen LogP contribution in [0.2, 0.25) is 0 Å². The lowest BCUT2D eigenvalue weighted by atomic mass is 10.3. The predicted octanol–water partition coefficient (Wildman–Crippen LogP) is 1.75. The van der Waals surface area contributed by atoms with Crippen LogP contribution >= 0.6 is 0 Å². The Bertz CT molecular complexity index is 671. The van der Waals surface area contributed by atoms with Crippen molar-refractivity contribution in [2.24, 2.45) is 0 Å². The first-order chi connectivity index (χ1) is 15.5. The van der Waals surface area contributed by atoms with Gasteiger partial charge in [0.2, 0.25) is 0 Å². The smallest absolute Gasteiger partial charge is 0.368 e. The molecule has 0 aromatic rings. The Labute approximate surface area is 193 Å². The number of esters is 1. The van der Waals surface area contributed by atoms with Crippen molar-refractivity contribution in [1.29, 1.82) is 0 Å². The molecular weight excluding hydrogens is 440 g/mol. The third kappa shape index (κ3) is 16.7. The molecule has 188 valence electrons. The number of carbonyl (C=O) groups is 3. The lowest BCUT2D eigenvalue weighted by molar-refractivity contribution is -0.338. The molecule has 0 aliphatic heterocycles. The Morgan fingerprint density at radius 2 is 1.24 bits per heavy atom. The summed E-state index contributed by atoms with van der Waals surface area (Å²) in [6.07, 6.45) is -0.519. The number of aliphatic hydroxyl groups excluding tert-OH is 1. The highest BCUT2D eigenvalue weighted by Gasteiger charge is 2.17. The van der Waals surface area contributed by atoms with E-state index in [1.807, 2.05) is 0 Å². The number of rotatable bonds is 19. The maximum atomic E-state index is 11.5. The van der Waals surface area contributed by atoms with Gasteiger partial charge in [0, 0.05) is 29.9 Å². The maximum Gasteiger partial charge on any atom is 0.368 e. The molecule has 0 aliphatic carbocycles. The van der Waals surface area contributed by atoms with Crippen molar-refractivity contribution >= 4 is 17.9 Å². The number of unbranched alkanes of at least 4 members (excludes halogenated alkanes) is 1. The zero-order valence-corrected chi connectivity index (χ0v) is 19.5. The summed E-state index contributed by atoms with van der Waals surface area (Å²) in [7, 11) is 0. The lowest BCUT2D eigenvalue weighted by Gasteiger charge is -2.16. The minimum absolute atomic E-state index is 0.0122. The molecule has 2 atom stereocenters. The third-order valence-corrected chi connectivity index (χ3v) is 3.54. The van der Waals surface area contributed by atoms with Crippen LogP contribution in [0.3, 0.4) is 0 Å². The SMILES string of the molecule is C=C(C)C(=O)OCC(O)COCCCCOCC(COOC(=O)C(=C)C)OOC(=O)C(=C)C. The van der Waals surface area contributed by atoms with Crippen LogP contribution in [0.25, 0.3) is 0 Å². The average molecular weight is 475 g/mol. The molecule has 0 aromatic heterocycles. The largest absolute Gasteiger partial charge is 0.460 e. The first-order valence-electron chi connectivity index (χ1n) is 10.2. The molecule has 11 heteroatoms. The van der Waals surface area contributed by atoms with E-state index in [4.69, 9.17) is 24.0 Å². The normalized spacial score (nSPS) is 12.4. The molecule has 0 amide bonds. The van der Waals surface area contributed by atoms with Crippen LogP contribution in [0.1, 0.15) is 33.6 Å². The molecule has 0 aromatic carbocycles. The zero-order chi connectivity index (χ0) is 25.2. The van der Waals surface area contributed by atoms with Crippen molar-refractivity contribution < 1.29 is 53.3 Å². The number of aliphatic hydroxyl groups is 1. The molecule has 0 aliphatic rings. The lowest BCUT2D eigenvalue weighted by Crippen LogP contribution is -2.28. The first-order valence-corrected chi connectivity index (χ1v) is 10.2. The van der Waals surface area contributed by atoms with E-state index in [0.717, 1.165) is 0 Å². The Morgan fingerprint density at radius 1 is 0.727 bits per heavy atom. The molecule has 0 bridgehead atoms. The predicted molar refractivity (Wildman–Crippen MR) is 115 cm³/mol. The molecule has 1 N–H and O–H groups in total. The minimum atomic E-state index is -0.927. The number of ether oxygens (including phenoxy) is 3. The van der Waals surface area contributed by atoms with Gasteiger partial charge < -0.3 is 19.3 Å². The van der Waals surface area contributed by atoms with Gasteiger partial charge >= 0.3 is 17.9 Å². The molecule has 0 spiro atoms. The molecule has 0 radical (unpaired) electrons. The van der Waals surface area contributed by atoms with E-state index < -0.39 is 30.1 Å². The van der Waals surface area contributed by atoms with E-state index in [2.05, 4.69) is 29.5 Å². The van der Waals surface area contributed by atoms with Crippen molar-refractivity contribution in [3.05, 3.63) is 36.5 Å². The summed E-state index contributed by atoms with van der Waals surface area (Å²) in [5, 5.41) is 9.68. The number of hydrogen-bond acceptors (Lipinski definition) is 11. The van der Waals surface area contributed by atoms with Gasteiger partial charge in [-0.2, -0.15) is 9.78 Å². The van der Waals surface area contributed by atoms with Crippen LogP contribution in [-0.2, 0) is 48.1 Å². The van der Waals surface area contributed by atoms with E-state index in [1.54, 1.807) is 0 Å². The Kier molecular flexibility index (Phi) is 16.5. The Morgan fingerprint density at radius 3 is 1.79 bits per heavy atom. The van der Waals surface area contributed by atoms with E-state index >= 15 is 0 Å². The fraction of sp³-hybridized carbons (Fsp3) is 0.591. The number of carbonyl (C=O) groups excluding carboxylic acids is 3. The summed E-state index contributed by atoms with van der Waals surface area (Å²) < 4.78 is 15.6. The van der Waals surface area contributed by atoms with E-state index in [1.165, 1.54) is 20.8 Å². The van der Waals surface area contributed by atoms with Crippen LogP contribution in [-0.4, -0.2) is 74.9 Å². The van der Waals surface area contributed by atoms with Gasteiger partial charge in [0.1, 0.15) is 19.3 Å². The molecule has 0 fully saturated rings. The molecule has 0 heterocycles. The molecular formula is C22H34O11. The fourth-order valence-corrected chi connectivity index (χ4v) is 1.71. The fourth-order valence-electron chi connectivity index (χ4n) is 1.71. The van der Waals surface area contributed by atoms with Crippen LogP contribution < -0.4 is 0 Å². The van der Waals surface area contributed by atoms with Gasteiger partial charge in [-0.05, 0) is 33.6 Å². The molecule has 0 saturated carbocycles. The van der Waals surface area contributed by atoms with Gasteiger partial charge in [0.15, 0.2) is 6.10 Å². The monoisotopic (exact) mass is 474 g/mol. The van der Waals surface area contributed by atoms with Crippen molar-refractivity contribution in [2.45, 2.75) is 45.8 Å². The second-order valence-corrected chi connectivity index (χ2v) is 7.19. The maximum absolute atomic E-state index is 11.5. The highest BCUT2D eigenvalue weighted by atomic mass is 17.2. The van der Waals surface area contributed by atoms with Crippen molar-refractivity contribution in [3.8, 4) is 0 Å². The first kappa shape index (κ1) is 30.4. The standard InChI is InChI=1S/C22H34O11/c1-15(2)20(24)29-12-18(23)11-27-9-7-8-10-28-13-19(31-33-22(26)17(5)6)14-30-32-21(25)16(3)4/h18-19,23H,1,3,5,7-14H2,2,4,6H3. The quantitative estimate of drug-likeness (QED) is 0.0964. The van der Waals surface area contributed by atoms with Crippen molar-refractivity contribution in [2.75, 3.05) is 39.6 Å². The van der Waals surface area contributed by atoms with Gasteiger partial charge in [-0.25, -0.2) is 14.4 Å². The van der Waals surface area contributed by atoms with E-state index in [-0.39, 0.29) is 43.1 Å². The highest BCUT2D eigenvalue weighted by Crippen LogP contribution is 2.03. The minimum Gasteiger partial charge on any atom is -0.460 e. The summed E-state index contributed by atoms with van der Waals surface area (Å²) >= 11 is 0. The van der Waals surface area contributed by atoms with Gasteiger partial charge in [0.05, 0.1) is 13.2 Å². The highest BCUT2D eigenvalue weighted by molar-refractivity contribution is 5.87. The zero-order valence-electron chi connectivity index (χ0n) is 19.5. The van der Waals surface area contributed by atoms with E-state index in [9.17, 15) is 19.5 Å². The Hall–Kier alpha value is -2.57.